The number of anilines is 1. The largest absolute Gasteiger partial charge is 0.478 e. The molecule has 11 heteroatoms. The molecule has 0 bridgehead atoms. The molecule has 1 saturated heterocycles. The van der Waals surface area contributed by atoms with Gasteiger partial charge in [-0.05, 0) is 66.2 Å². The summed E-state index contributed by atoms with van der Waals surface area (Å²) in [7, 11) is 0. The molecular weight excluding hydrogens is 518 g/mol. The fraction of sp³-hybridized carbons (Fsp3) is 0.154. The van der Waals surface area contributed by atoms with Gasteiger partial charge in [0.2, 0.25) is 18.6 Å². The molecule has 0 aromatic heterocycles. The SMILES string of the molecule is O=C(O)c1ccc(NC(=O)C2CC(=O)N(Cc3ccc4c(c3)OCO4)C(=Nc3ccc(Cl)cc3)S2)cc1. The molecule has 1 unspecified atom stereocenters. The predicted octanol–water partition coefficient (Wildman–Crippen LogP) is 4.93. The molecule has 0 radical (unpaired) electrons. The topological polar surface area (TPSA) is 118 Å². The van der Waals surface area contributed by atoms with Crippen LogP contribution >= 0.6 is 23.4 Å². The number of thioether (sulfide) groups is 1. The fourth-order valence-electron chi connectivity index (χ4n) is 3.76. The molecule has 2 aliphatic rings. The highest BCUT2D eigenvalue weighted by Gasteiger charge is 2.36. The molecule has 1 atom stereocenters. The summed E-state index contributed by atoms with van der Waals surface area (Å²) in [6.07, 6.45) is -0.0338. The van der Waals surface area contributed by atoms with Crippen molar-refractivity contribution in [1.29, 1.82) is 0 Å². The normalized spacial score (nSPS) is 17.6. The van der Waals surface area contributed by atoms with Crippen molar-refractivity contribution in [3.05, 3.63) is 82.9 Å². The highest BCUT2D eigenvalue weighted by atomic mass is 35.5. The van der Waals surface area contributed by atoms with Gasteiger partial charge in [0.1, 0.15) is 5.25 Å². The van der Waals surface area contributed by atoms with Gasteiger partial charge in [-0.25, -0.2) is 9.79 Å². The van der Waals surface area contributed by atoms with Gasteiger partial charge in [0, 0.05) is 17.1 Å². The first-order chi connectivity index (χ1) is 17.9. The summed E-state index contributed by atoms with van der Waals surface area (Å²) in [6, 6.07) is 18.1. The molecule has 2 N–H and O–H groups in total. The number of aromatic carboxylic acids is 1. The zero-order valence-electron chi connectivity index (χ0n) is 19.2. The number of carbonyl (C=O) groups is 3. The summed E-state index contributed by atoms with van der Waals surface area (Å²) in [6.45, 7) is 0.385. The molecule has 3 aromatic rings. The molecule has 9 nitrogen and oxygen atoms in total. The molecule has 188 valence electrons. The number of carboxylic acids is 1. The summed E-state index contributed by atoms with van der Waals surface area (Å²) in [4.78, 5) is 43.6. The van der Waals surface area contributed by atoms with E-state index in [9.17, 15) is 14.4 Å². The lowest BCUT2D eigenvalue weighted by Gasteiger charge is -2.32. The molecule has 3 aromatic carbocycles. The highest BCUT2D eigenvalue weighted by molar-refractivity contribution is 8.15. The maximum absolute atomic E-state index is 13.3. The molecule has 2 amide bonds. The standard InChI is InChI=1S/C26H20ClN3O6S/c27-17-4-8-19(9-5-17)29-26-30(13-15-1-10-20-21(11-15)36-14-35-20)23(31)12-22(37-26)24(32)28-18-6-2-16(3-7-18)25(33)34/h1-11,22H,12-14H2,(H,28,32)(H,33,34). The van der Waals surface area contributed by atoms with Crippen LogP contribution in [0.3, 0.4) is 0 Å². The van der Waals surface area contributed by atoms with Crippen LogP contribution < -0.4 is 14.8 Å². The summed E-state index contributed by atoms with van der Waals surface area (Å²) < 4.78 is 10.8. The van der Waals surface area contributed by atoms with Crippen LogP contribution in [0, 0.1) is 0 Å². The van der Waals surface area contributed by atoms with Crippen LogP contribution in [0.25, 0.3) is 0 Å². The van der Waals surface area contributed by atoms with Crippen LogP contribution in [0.5, 0.6) is 11.5 Å². The number of fused-ring (bicyclic) bond motifs is 1. The molecule has 5 rings (SSSR count). The van der Waals surface area contributed by atoms with E-state index < -0.39 is 11.2 Å². The van der Waals surface area contributed by atoms with Crippen molar-refractivity contribution in [2.75, 3.05) is 12.1 Å². The third kappa shape index (κ3) is 5.71. The number of ether oxygens (including phenoxy) is 2. The maximum Gasteiger partial charge on any atom is 0.335 e. The number of carbonyl (C=O) groups excluding carboxylic acids is 2. The number of benzene rings is 3. The minimum Gasteiger partial charge on any atom is -0.478 e. The Balaban J connectivity index is 1.38. The quantitative estimate of drug-likeness (QED) is 0.458. The minimum atomic E-state index is -1.06. The number of halogens is 1. The highest BCUT2D eigenvalue weighted by Crippen LogP contribution is 2.35. The van der Waals surface area contributed by atoms with Crippen LogP contribution in [-0.4, -0.2) is 45.0 Å². The van der Waals surface area contributed by atoms with Crippen LogP contribution in [0.4, 0.5) is 11.4 Å². The summed E-state index contributed by atoms with van der Waals surface area (Å²) in [5, 5.41) is 12.0. The van der Waals surface area contributed by atoms with Crippen LogP contribution in [0.1, 0.15) is 22.3 Å². The van der Waals surface area contributed by atoms with Crippen molar-refractivity contribution in [3.63, 3.8) is 0 Å². The van der Waals surface area contributed by atoms with Crippen molar-refractivity contribution in [3.8, 4) is 11.5 Å². The van der Waals surface area contributed by atoms with Crippen LogP contribution in [0.15, 0.2) is 71.7 Å². The summed E-state index contributed by atoms with van der Waals surface area (Å²) >= 11 is 7.19. The Morgan fingerprint density at radius 2 is 1.78 bits per heavy atom. The summed E-state index contributed by atoms with van der Waals surface area (Å²) in [5.74, 6) is -0.446. The number of carboxylic acid groups (broad SMARTS) is 1. The second kappa shape index (κ2) is 10.5. The zero-order valence-corrected chi connectivity index (χ0v) is 20.8. The Morgan fingerprint density at radius 3 is 2.51 bits per heavy atom. The lowest BCUT2D eigenvalue weighted by atomic mass is 10.1. The number of aliphatic imine (C=N–C) groups is 1. The van der Waals surface area contributed by atoms with E-state index in [0.29, 0.717) is 33.1 Å². The number of nitrogens with zero attached hydrogens (tertiary/aromatic N) is 2. The van der Waals surface area contributed by atoms with Gasteiger partial charge in [-0.3, -0.25) is 14.5 Å². The van der Waals surface area contributed by atoms with Crippen LogP contribution in [0.2, 0.25) is 5.02 Å². The molecule has 0 saturated carbocycles. The number of amidine groups is 1. The van der Waals surface area contributed by atoms with Gasteiger partial charge in [-0.15, -0.1) is 0 Å². The second-order valence-corrected chi connectivity index (χ2v) is 9.83. The third-order valence-electron chi connectivity index (χ3n) is 5.66. The first-order valence-electron chi connectivity index (χ1n) is 11.2. The molecule has 2 heterocycles. The van der Waals surface area contributed by atoms with E-state index in [4.69, 9.17) is 26.2 Å². The maximum atomic E-state index is 13.3. The minimum absolute atomic E-state index is 0.0338. The Kier molecular flexibility index (Phi) is 7.02. The predicted molar refractivity (Wildman–Crippen MR) is 140 cm³/mol. The first-order valence-corrected chi connectivity index (χ1v) is 12.5. The van der Waals surface area contributed by atoms with E-state index in [1.807, 2.05) is 12.1 Å². The van der Waals surface area contributed by atoms with E-state index in [1.54, 1.807) is 35.2 Å². The Morgan fingerprint density at radius 1 is 1.05 bits per heavy atom. The van der Waals surface area contributed by atoms with Crippen molar-refractivity contribution in [2.45, 2.75) is 18.2 Å². The lowest BCUT2D eigenvalue weighted by Crippen LogP contribution is -2.44. The Bertz CT molecular complexity index is 1390. The van der Waals surface area contributed by atoms with E-state index in [0.717, 1.165) is 5.56 Å². The van der Waals surface area contributed by atoms with E-state index in [2.05, 4.69) is 10.3 Å². The molecule has 1 fully saturated rings. The van der Waals surface area contributed by atoms with E-state index >= 15 is 0 Å². The summed E-state index contributed by atoms with van der Waals surface area (Å²) in [5.41, 5.74) is 1.95. The van der Waals surface area contributed by atoms with Crippen molar-refractivity contribution >= 4 is 57.7 Å². The molecule has 0 spiro atoms. The Labute approximate surface area is 221 Å². The van der Waals surface area contributed by atoms with Gasteiger partial charge >= 0.3 is 5.97 Å². The first kappa shape index (κ1) is 24.7. The molecule has 0 aliphatic carbocycles. The number of hydrogen-bond acceptors (Lipinski definition) is 7. The van der Waals surface area contributed by atoms with Gasteiger partial charge in [0.15, 0.2) is 16.7 Å². The van der Waals surface area contributed by atoms with Gasteiger partial charge < -0.3 is 19.9 Å². The van der Waals surface area contributed by atoms with Gasteiger partial charge in [-0.2, -0.15) is 0 Å². The van der Waals surface area contributed by atoms with Gasteiger partial charge in [-0.1, -0.05) is 29.4 Å². The third-order valence-corrected chi connectivity index (χ3v) is 7.10. The van der Waals surface area contributed by atoms with Crippen molar-refractivity contribution in [1.82, 2.24) is 4.90 Å². The Hall–Kier alpha value is -4.02. The van der Waals surface area contributed by atoms with Crippen molar-refractivity contribution in [2.24, 2.45) is 4.99 Å². The zero-order chi connectivity index (χ0) is 25.9. The molecule has 2 aliphatic heterocycles. The van der Waals surface area contributed by atoms with Gasteiger partial charge in [0.05, 0.1) is 17.8 Å². The average molecular weight is 538 g/mol. The number of nitrogens with one attached hydrogen (secondary N) is 1. The smallest absolute Gasteiger partial charge is 0.335 e. The molecule has 37 heavy (non-hydrogen) atoms. The number of rotatable bonds is 6. The number of amides is 2. The van der Waals surface area contributed by atoms with Crippen molar-refractivity contribution < 1.29 is 29.0 Å². The van der Waals surface area contributed by atoms with E-state index in [-0.39, 0.29) is 37.1 Å². The molecular formula is C26H20ClN3O6S. The van der Waals surface area contributed by atoms with Crippen LogP contribution in [-0.2, 0) is 16.1 Å². The fourth-order valence-corrected chi connectivity index (χ4v) is 4.99. The lowest BCUT2D eigenvalue weighted by molar-refractivity contribution is -0.129. The number of hydrogen-bond donors (Lipinski definition) is 2. The van der Waals surface area contributed by atoms with Gasteiger partial charge in [0.25, 0.3) is 0 Å². The average Bonchev–Trinajstić information content (AvgIpc) is 3.35. The second-order valence-electron chi connectivity index (χ2n) is 8.22. The van der Waals surface area contributed by atoms with E-state index in [1.165, 1.54) is 36.0 Å². The monoisotopic (exact) mass is 537 g/mol.